The van der Waals surface area contributed by atoms with Crippen LogP contribution in [0.3, 0.4) is 0 Å². The zero-order chi connectivity index (χ0) is 12.4. The van der Waals surface area contributed by atoms with E-state index in [1.807, 2.05) is 14.2 Å². The molecule has 0 spiro atoms. The van der Waals surface area contributed by atoms with Crippen molar-refractivity contribution < 1.29 is 9.47 Å². The smallest absolute Gasteiger partial charge is 0.0601 e. The van der Waals surface area contributed by atoms with Crippen LogP contribution < -0.4 is 0 Å². The summed E-state index contributed by atoms with van der Waals surface area (Å²) in [4.78, 5) is 2.67. The van der Waals surface area contributed by atoms with E-state index in [1.54, 1.807) is 0 Å². The molecule has 2 fully saturated rings. The largest absolute Gasteiger partial charge is 0.381 e. The lowest BCUT2D eigenvalue weighted by Gasteiger charge is -2.47. The van der Waals surface area contributed by atoms with Gasteiger partial charge in [0.05, 0.1) is 12.2 Å². The summed E-state index contributed by atoms with van der Waals surface area (Å²) >= 11 is 0. The van der Waals surface area contributed by atoms with Crippen LogP contribution in [0.25, 0.3) is 0 Å². The average molecular weight is 241 g/mol. The van der Waals surface area contributed by atoms with Crippen LogP contribution in [0.15, 0.2) is 0 Å². The molecule has 0 aliphatic heterocycles. The van der Waals surface area contributed by atoms with Crippen molar-refractivity contribution in [2.75, 3.05) is 20.8 Å². The van der Waals surface area contributed by atoms with E-state index in [0.29, 0.717) is 18.2 Å². The highest BCUT2D eigenvalue weighted by molar-refractivity contribution is 4.92. The van der Waals surface area contributed by atoms with Crippen LogP contribution in [0.5, 0.6) is 0 Å². The maximum Gasteiger partial charge on any atom is 0.0601 e. The molecule has 0 heterocycles. The molecule has 0 bridgehead atoms. The van der Waals surface area contributed by atoms with Crippen molar-refractivity contribution in [3.63, 3.8) is 0 Å². The van der Waals surface area contributed by atoms with Crippen LogP contribution in [-0.4, -0.2) is 50.0 Å². The van der Waals surface area contributed by atoms with E-state index in [9.17, 15) is 0 Å². The Kier molecular flexibility index (Phi) is 4.45. The molecule has 0 aromatic rings. The zero-order valence-electron chi connectivity index (χ0n) is 11.7. The third-order valence-electron chi connectivity index (χ3n) is 4.53. The molecule has 3 heteroatoms. The van der Waals surface area contributed by atoms with Gasteiger partial charge in [0.1, 0.15) is 0 Å². The Bertz CT molecular complexity index is 232. The van der Waals surface area contributed by atoms with Crippen LogP contribution in [0, 0.1) is 5.92 Å². The molecular formula is C14H27NO2. The standard InChI is InChI=1S/C14H27NO2/c1-10(2)15(12-7-14(8-12)17-4)9-11-5-13(6-11)16-3/h10-14H,5-9H2,1-4H3/t11-,12-,13-,14-. The second-order valence-electron chi connectivity index (χ2n) is 5.97. The number of hydrogen-bond donors (Lipinski definition) is 0. The van der Waals surface area contributed by atoms with Gasteiger partial charge in [0, 0.05) is 32.8 Å². The first-order valence-corrected chi connectivity index (χ1v) is 6.95. The van der Waals surface area contributed by atoms with E-state index in [-0.39, 0.29) is 0 Å². The van der Waals surface area contributed by atoms with Crippen LogP contribution in [0.4, 0.5) is 0 Å². The predicted molar refractivity (Wildman–Crippen MR) is 69.2 cm³/mol. The maximum absolute atomic E-state index is 5.38. The molecule has 0 atom stereocenters. The Morgan fingerprint density at radius 1 is 1.00 bits per heavy atom. The molecule has 0 N–H and O–H groups in total. The van der Waals surface area contributed by atoms with Crippen molar-refractivity contribution in [2.45, 2.75) is 63.8 Å². The average Bonchev–Trinajstić information content (AvgIpc) is 2.17. The quantitative estimate of drug-likeness (QED) is 0.712. The summed E-state index contributed by atoms with van der Waals surface area (Å²) in [6.45, 7) is 5.87. The summed E-state index contributed by atoms with van der Waals surface area (Å²) in [5, 5.41) is 0. The Hall–Kier alpha value is -0.120. The molecule has 100 valence electrons. The summed E-state index contributed by atoms with van der Waals surface area (Å²) in [7, 11) is 3.66. The van der Waals surface area contributed by atoms with Gasteiger partial charge in [-0.3, -0.25) is 4.90 Å². The number of nitrogens with zero attached hydrogens (tertiary/aromatic N) is 1. The van der Waals surface area contributed by atoms with Crippen molar-refractivity contribution in [2.24, 2.45) is 5.92 Å². The van der Waals surface area contributed by atoms with Crippen LogP contribution in [-0.2, 0) is 9.47 Å². The third kappa shape index (κ3) is 3.01. The summed E-state index contributed by atoms with van der Waals surface area (Å²) < 4.78 is 10.7. The fourth-order valence-electron chi connectivity index (χ4n) is 3.10. The maximum atomic E-state index is 5.38. The number of rotatable bonds is 6. The highest BCUT2D eigenvalue weighted by Crippen LogP contribution is 2.35. The van der Waals surface area contributed by atoms with Gasteiger partial charge in [0.2, 0.25) is 0 Å². The van der Waals surface area contributed by atoms with Crippen LogP contribution >= 0.6 is 0 Å². The molecule has 0 unspecified atom stereocenters. The number of hydrogen-bond acceptors (Lipinski definition) is 3. The van der Waals surface area contributed by atoms with Gasteiger partial charge in [0.25, 0.3) is 0 Å². The molecule has 0 aromatic heterocycles. The summed E-state index contributed by atoms with van der Waals surface area (Å²) in [5.41, 5.74) is 0. The lowest BCUT2D eigenvalue weighted by molar-refractivity contribution is -0.0624. The Morgan fingerprint density at radius 2 is 1.53 bits per heavy atom. The Labute approximate surface area is 105 Å². The first-order chi connectivity index (χ1) is 8.13. The molecule has 2 saturated carbocycles. The first kappa shape index (κ1) is 13.3. The van der Waals surface area contributed by atoms with Gasteiger partial charge in [0.15, 0.2) is 0 Å². The van der Waals surface area contributed by atoms with Gasteiger partial charge in [-0.15, -0.1) is 0 Å². The van der Waals surface area contributed by atoms with Gasteiger partial charge < -0.3 is 9.47 Å². The van der Waals surface area contributed by atoms with Crippen molar-refractivity contribution in [1.29, 1.82) is 0 Å². The molecular weight excluding hydrogens is 214 g/mol. The Balaban J connectivity index is 1.75. The van der Waals surface area contributed by atoms with Crippen molar-refractivity contribution >= 4 is 0 Å². The van der Waals surface area contributed by atoms with Gasteiger partial charge in [-0.1, -0.05) is 0 Å². The van der Waals surface area contributed by atoms with E-state index in [0.717, 1.165) is 12.0 Å². The number of ether oxygens (including phenoxy) is 2. The normalized spacial score (nSPS) is 37.1. The van der Waals surface area contributed by atoms with E-state index < -0.39 is 0 Å². The Morgan fingerprint density at radius 3 is 2.00 bits per heavy atom. The van der Waals surface area contributed by atoms with E-state index >= 15 is 0 Å². The lowest BCUT2D eigenvalue weighted by Crippen LogP contribution is -2.53. The molecule has 2 aliphatic carbocycles. The van der Waals surface area contributed by atoms with Crippen molar-refractivity contribution in [3.05, 3.63) is 0 Å². The highest BCUT2D eigenvalue weighted by Gasteiger charge is 2.38. The lowest BCUT2D eigenvalue weighted by atomic mass is 9.80. The third-order valence-corrected chi connectivity index (χ3v) is 4.53. The summed E-state index contributed by atoms with van der Waals surface area (Å²) in [5.74, 6) is 0.851. The highest BCUT2D eigenvalue weighted by atomic mass is 16.5. The van der Waals surface area contributed by atoms with Gasteiger partial charge in [-0.25, -0.2) is 0 Å². The minimum absolute atomic E-state index is 0.509. The fourth-order valence-corrected chi connectivity index (χ4v) is 3.10. The second kappa shape index (κ2) is 5.68. The van der Waals surface area contributed by atoms with Gasteiger partial charge >= 0.3 is 0 Å². The fraction of sp³-hybridized carbons (Fsp3) is 1.00. The van der Waals surface area contributed by atoms with Crippen LogP contribution in [0.1, 0.15) is 39.5 Å². The topological polar surface area (TPSA) is 21.7 Å². The number of methoxy groups -OCH3 is 2. The molecule has 0 aromatic carbocycles. The minimum Gasteiger partial charge on any atom is -0.381 e. The molecule has 2 rings (SSSR count). The molecule has 2 aliphatic rings. The minimum atomic E-state index is 0.509. The van der Waals surface area contributed by atoms with E-state index in [2.05, 4.69) is 18.7 Å². The predicted octanol–water partition coefficient (Wildman–Crippen LogP) is 2.30. The molecule has 0 radical (unpaired) electrons. The first-order valence-electron chi connectivity index (χ1n) is 6.95. The van der Waals surface area contributed by atoms with Gasteiger partial charge in [-0.2, -0.15) is 0 Å². The zero-order valence-corrected chi connectivity index (χ0v) is 11.7. The molecule has 0 saturated heterocycles. The summed E-state index contributed by atoms with van der Waals surface area (Å²) in [6, 6.07) is 1.40. The van der Waals surface area contributed by atoms with Crippen LogP contribution in [0.2, 0.25) is 0 Å². The molecule has 0 amide bonds. The van der Waals surface area contributed by atoms with E-state index in [4.69, 9.17) is 9.47 Å². The van der Waals surface area contributed by atoms with Crippen molar-refractivity contribution in [3.8, 4) is 0 Å². The van der Waals surface area contributed by atoms with E-state index in [1.165, 1.54) is 32.2 Å². The van der Waals surface area contributed by atoms with Gasteiger partial charge in [-0.05, 0) is 45.4 Å². The molecule has 17 heavy (non-hydrogen) atoms. The second-order valence-corrected chi connectivity index (χ2v) is 5.97. The molecule has 3 nitrogen and oxygen atoms in total. The monoisotopic (exact) mass is 241 g/mol. The summed E-state index contributed by atoms with van der Waals surface area (Å²) in [6.07, 6.45) is 5.97. The van der Waals surface area contributed by atoms with Crippen molar-refractivity contribution in [1.82, 2.24) is 4.90 Å². The SMILES string of the molecule is CO[C@H]1C[C@H](CN(C(C)C)[C@H]2C[C@H](OC)C2)C1.